The molecular weight excluding hydrogens is 514 g/mol. The number of hydrogen-bond acceptors (Lipinski definition) is 5. The first-order chi connectivity index (χ1) is 17.4. The highest BCUT2D eigenvalue weighted by molar-refractivity contribution is 6.30. The first-order valence-corrected chi connectivity index (χ1v) is 12.0. The summed E-state index contributed by atoms with van der Waals surface area (Å²) in [5, 5.41) is 19.5. The number of nitrogens with zero attached hydrogens (tertiary/aromatic N) is 3. The van der Waals surface area contributed by atoms with Crippen LogP contribution >= 0.6 is 11.6 Å². The fourth-order valence-corrected chi connectivity index (χ4v) is 4.95. The standard InChI is InChI=1S/C25H26ClF4N5O2/c1-14-10-21(34-33-14)32-20-7-6-18(27)19(31-20)12-24(23(36)37)8-9-35(15(2)11-24)13-25(29,30)16-4-3-5-17(26)22(16)28/h3-7,10,15H,8-9,11-13H2,1-2H3,(H,36,37)(H2,31,32,33,34)/t15-,24-/m1/s1. The summed E-state index contributed by atoms with van der Waals surface area (Å²) < 4.78 is 59.0. The van der Waals surface area contributed by atoms with Gasteiger partial charge in [0.05, 0.1) is 28.2 Å². The van der Waals surface area contributed by atoms with Gasteiger partial charge in [-0.1, -0.05) is 17.7 Å². The van der Waals surface area contributed by atoms with Crippen LogP contribution in [0.5, 0.6) is 0 Å². The second-order valence-corrected chi connectivity index (χ2v) is 9.94. The number of pyridine rings is 1. The molecule has 0 unspecified atom stereocenters. The van der Waals surface area contributed by atoms with Gasteiger partial charge in [-0.05, 0) is 57.5 Å². The normalized spacial score (nSPS) is 20.7. The number of aromatic nitrogens is 3. The molecule has 1 aromatic carbocycles. The number of aryl methyl sites for hydroxylation is 1. The van der Waals surface area contributed by atoms with Crippen LogP contribution in [0.2, 0.25) is 5.02 Å². The number of hydrogen-bond donors (Lipinski definition) is 3. The van der Waals surface area contributed by atoms with E-state index < -0.39 is 52.1 Å². The van der Waals surface area contributed by atoms with E-state index in [-0.39, 0.29) is 37.3 Å². The number of carboxylic acids is 1. The van der Waals surface area contributed by atoms with Gasteiger partial charge in [-0.15, -0.1) is 0 Å². The summed E-state index contributed by atoms with van der Waals surface area (Å²) in [4.78, 5) is 18.1. The number of nitrogens with one attached hydrogen (secondary N) is 2. The third-order valence-electron chi connectivity index (χ3n) is 6.77. The fraction of sp³-hybridized carbons (Fsp3) is 0.400. The molecule has 3 heterocycles. The van der Waals surface area contributed by atoms with Gasteiger partial charge in [-0.25, -0.2) is 13.8 Å². The zero-order valence-corrected chi connectivity index (χ0v) is 20.9. The van der Waals surface area contributed by atoms with Crippen molar-refractivity contribution >= 4 is 29.2 Å². The molecule has 3 aromatic rings. The summed E-state index contributed by atoms with van der Waals surface area (Å²) in [6, 6.07) is 7.16. The first kappa shape index (κ1) is 26.9. The number of likely N-dealkylation sites (tertiary alicyclic amines) is 1. The zero-order chi connectivity index (χ0) is 27.0. The molecule has 4 rings (SSSR count). The van der Waals surface area contributed by atoms with Crippen LogP contribution in [-0.2, 0) is 17.1 Å². The van der Waals surface area contributed by atoms with E-state index >= 15 is 0 Å². The van der Waals surface area contributed by atoms with Gasteiger partial charge in [0.1, 0.15) is 11.6 Å². The molecule has 0 aliphatic carbocycles. The van der Waals surface area contributed by atoms with Crippen molar-refractivity contribution in [2.24, 2.45) is 5.41 Å². The number of piperidine rings is 1. The van der Waals surface area contributed by atoms with Crippen LogP contribution in [0, 0.1) is 24.0 Å². The third kappa shape index (κ3) is 5.72. The van der Waals surface area contributed by atoms with Gasteiger partial charge in [0.2, 0.25) is 0 Å². The smallest absolute Gasteiger partial charge is 0.310 e. The molecule has 2 atom stereocenters. The molecule has 1 aliphatic heterocycles. The van der Waals surface area contributed by atoms with E-state index in [1.807, 2.05) is 6.92 Å². The van der Waals surface area contributed by atoms with Crippen LogP contribution < -0.4 is 5.32 Å². The van der Waals surface area contributed by atoms with Crippen LogP contribution in [0.25, 0.3) is 0 Å². The first-order valence-electron chi connectivity index (χ1n) is 11.6. The Morgan fingerprint density at radius 3 is 2.70 bits per heavy atom. The maximum atomic E-state index is 15.0. The zero-order valence-electron chi connectivity index (χ0n) is 20.2. The van der Waals surface area contributed by atoms with E-state index in [1.165, 1.54) is 29.2 Å². The number of benzene rings is 1. The summed E-state index contributed by atoms with van der Waals surface area (Å²) >= 11 is 5.68. The average molecular weight is 540 g/mol. The Balaban J connectivity index is 1.51. The molecule has 1 aliphatic rings. The number of H-pyrrole nitrogens is 1. The van der Waals surface area contributed by atoms with Gasteiger partial charge in [0.15, 0.2) is 11.6 Å². The molecular formula is C25H26ClF4N5O2. The Morgan fingerprint density at radius 2 is 2.05 bits per heavy atom. The van der Waals surface area contributed by atoms with Crippen molar-refractivity contribution in [3.8, 4) is 0 Å². The van der Waals surface area contributed by atoms with Crippen molar-refractivity contribution in [3.05, 3.63) is 70.0 Å². The number of carboxylic acid groups (broad SMARTS) is 1. The molecule has 0 amide bonds. The van der Waals surface area contributed by atoms with Gasteiger partial charge in [0.25, 0.3) is 5.92 Å². The van der Waals surface area contributed by atoms with E-state index in [4.69, 9.17) is 11.6 Å². The molecule has 37 heavy (non-hydrogen) atoms. The molecule has 7 nitrogen and oxygen atoms in total. The highest BCUT2D eigenvalue weighted by Gasteiger charge is 2.47. The summed E-state index contributed by atoms with van der Waals surface area (Å²) in [5.74, 6) is -5.80. The van der Waals surface area contributed by atoms with Gasteiger partial charge in [-0.2, -0.15) is 13.9 Å². The minimum atomic E-state index is -3.55. The molecule has 3 N–H and O–H groups in total. The maximum Gasteiger partial charge on any atom is 0.310 e. The van der Waals surface area contributed by atoms with E-state index in [2.05, 4.69) is 20.5 Å². The minimum absolute atomic E-state index is 0.00263. The summed E-state index contributed by atoms with van der Waals surface area (Å²) in [5.41, 5.74) is -1.47. The highest BCUT2D eigenvalue weighted by Crippen LogP contribution is 2.41. The van der Waals surface area contributed by atoms with Crippen LogP contribution in [0.1, 0.15) is 36.7 Å². The van der Waals surface area contributed by atoms with Crippen molar-refractivity contribution in [3.63, 3.8) is 0 Å². The molecule has 0 saturated carbocycles. The lowest BCUT2D eigenvalue weighted by Crippen LogP contribution is -2.52. The molecule has 0 radical (unpaired) electrons. The molecule has 2 aromatic heterocycles. The highest BCUT2D eigenvalue weighted by atomic mass is 35.5. The molecule has 0 bridgehead atoms. The Labute approximate surface area is 215 Å². The third-order valence-corrected chi connectivity index (χ3v) is 7.07. The van der Waals surface area contributed by atoms with Gasteiger partial charge >= 0.3 is 5.97 Å². The van der Waals surface area contributed by atoms with Crippen LogP contribution in [0.15, 0.2) is 36.4 Å². The van der Waals surface area contributed by atoms with Crippen LogP contribution in [0.4, 0.5) is 29.2 Å². The molecule has 198 valence electrons. The van der Waals surface area contributed by atoms with E-state index in [0.717, 1.165) is 11.8 Å². The lowest BCUT2D eigenvalue weighted by Gasteiger charge is -2.44. The number of aliphatic carboxylic acids is 1. The second-order valence-electron chi connectivity index (χ2n) is 9.53. The predicted molar refractivity (Wildman–Crippen MR) is 130 cm³/mol. The quantitative estimate of drug-likeness (QED) is 0.319. The fourth-order valence-electron chi connectivity index (χ4n) is 4.78. The lowest BCUT2D eigenvalue weighted by atomic mass is 9.72. The number of rotatable bonds is 8. The Morgan fingerprint density at radius 1 is 1.30 bits per heavy atom. The topological polar surface area (TPSA) is 94.1 Å². The molecule has 12 heteroatoms. The predicted octanol–water partition coefficient (Wildman–Crippen LogP) is 5.68. The second kappa shape index (κ2) is 10.3. The summed E-state index contributed by atoms with van der Waals surface area (Å²) in [7, 11) is 0. The average Bonchev–Trinajstić information content (AvgIpc) is 3.24. The number of anilines is 2. The maximum absolute atomic E-state index is 15.0. The number of alkyl halides is 2. The van der Waals surface area contributed by atoms with E-state index in [0.29, 0.717) is 5.82 Å². The molecule has 0 spiro atoms. The van der Waals surface area contributed by atoms with Crippen LogP contribution in [0.3, 0.4) is 0 Å². The van der Waals surface area contributed by atoms with Gasteiger partial charge in [-0.3, -0.25) is 14.8 Å². The lowest BCUT2D eigenvalue weighted by molar-refractivity contribution is -0.155. The van der Waals surface area contributed by atoms with E-state index in [9.17, 15) is 27.5 Å². The SMILES string of the molecule is Cc1cc(Nc2ccc(F)c(C[C@@]3(C(=O)O)CCN(CC(F)(F)c4cccc(Cl)c4F)[C@H](C)C3)n2)n[nH]1. The Bertz CT molecular complexity index is 1300. The van der Waals surface area contributed by atoms with Crippen molar-refractivity contribution in [2.75, 3.05) is 18.4 Å². The summed E-state index contributed by atoms with van der Waals surface area (Å²) in [6.07, 6.45) is -0.257. The number of halogens is 5. The Kier molecular flexibility index (Phi) is 7.48. The van der Waals surface area contributed by atoms with Gasteiger partial charge in [0, 0.05) is 24.2 Å². The minimum Gasteiger partial charge on any atom is -0.481 e. The van der Waals surface area contributed by atoms with Gasteiger partial charge < -0.3 is 10.4 Å². The molecule has 1 saturated heterocycles. The van der Waals surface area contributed by atoms with Crippen molar-refractivity contribution in [1.82, 2.24) is 20.1 Å². The van der Waals surface area contributed by atoms with Crippen molar-refractivity contribution in [1.29, 1.82) is 0 Å². The number of carbonyl (C=O) groups is 1. The molecule has 1 fully saturated rings. The van der Waals surface area contributed by atoms with Crippen molar-refractivity contribution in [2.45, 2.75) is 45.1 Å². The summed E-state index contributed by atoms with van der Waals surface area (Å²) in [6.45, 7) is 2.63. The monoisotopic (exact) mass is 539 g/mol. The Hall–Kier alpha value is -3.18. The largest absolute Gasteiger partial charge is 0.481 e. The van der Waals surface area contributed by atoms with Crippen molar-refractivity contribution < 1.29 is 27.5 Å². The van der Waals surface area contributed by atoms with Crippen LogP contribution in [-0.4, -0.2) is 50.3 Å². The number of aromatic amines is 1. The van der Waals surface area contributed by atoms with E-state index in [1.54, 1.807) is 13.0 Å².